The number of hydrogen-bond donors (Lipinski definition) is 1. The van der Waals surface area contributed by atoms with Crippen molar-refractivity contribution in [1.29, 1.82) is 0 Å². The Hall–Kier alpha value is -3.06. The predicted molar refractivity (Wildman–Crippen MR) is 140 cm³/mol. The third-order valence-electron chi connectivity index (χ3n) is 4.94. The smallest absolute Gasteiger partial charge is 0.343 e. The Morgan fingerprint density at radius 2 is 1.89 bits per heavy atom. The van der Waals surface area contributed by atoms with Crippen LogP contribution in [0.1, 0.15) is 16.7 Å². The number of aryl methyl sites for hydroxylation is 2. The lowest BCUT2D eigenvalue weighted by Crippen LogP contribution is -2.36. The summed E-state index contributed by atoms with van der Waals surface area (Å²) in [4.78, 5) is 50.3. The van der Waals surface area contributed by atoms with E-state index < -0.39 is 29.6 Å². The van der Waals surface area contributed by atoms with E-state index in [9.17, 15) is 19.2 Å². The summed E-state index contributed by atoms with van der Waals surface area (Å²) in [5.41, 5.74) is 3.15. The van der Waals surface area contributed by atoms with Gasteiger partial charge < -0.3 is 19.5 Å². The Morgan fingerprint density at radius 3 is 2.54 bits per heavy atom. The van der Waals surface area contributed by atoms with Gasteiger partial charge in [-0.05, 0) is 83.6 Å². The maximum atomic E-state index is 12.9. The number of ether oxygens (including phenoxy) is 3. The van der Waals surface area contributed by atoms with Gasteiger partial charge in [0.1, 0.15) is 6.54 Å². The van der Waals surface area contributed by atoms with Gasteiger partial charge >= 0.3 is 5.97 Å². The number of imide groups is 1. The highest BCUT2D eigenvalue weighted by atomic mass is 127. The first kappa shape index (κ1) is 26.5. The van der Waals surface area contributed by atoms with Gasteiger partial charge in [-0.25, -0.2) is 4.79 Å². The second kappa shape index (κ2) is 11.6. The minimum absolute atomic E-state index is 0.176. The van der Waals surface area contributed by atoms with Crippen molar-refractivity contribution in [1.82, 2.24) is 4.90 Å². The number of carbonyl (C=O) groups is 4. The van der Waals surface area contributed by atoms with Crippen molar-refractivity contribution in [3.63, 3.8) is 0 Å². The standard InChI is InChI=1S/C24H23IN2O7S/c1-13-5-6-17(14(2)7-13)26-20(28)11-27-23(30)19(35-24(27)31)10-15-8-16(25)22(18(9-15)32-3)34-12-21(29)33-4/h5-10H,11-12H2,1-4H3,(H,26,28)/b19-10-. The second-order valence-corrected chi connectivity index (χ2v) is 9.69. The molecule has 1 N–H and O–H groups in total. The van der Waals surface area contributed by atoms with E-state index >= 15 is 0 Å². The first-order valence-corrected chi connectivity index (χ1v) is 12.2. The molecule has 2 aromatic carbocycles. The molecule has 0 saturated carbocycles. The Morgan fingerprint density at radius 1 is 1.14 bits per heavy atom. The summed E-state index contributed by atoms with van der Waals surface area (Å²) in [6, 6.07) is 8.92. The molecule has 0 aromatic heterocycles. The number of nitrogens with one attached hydrogen (secondary N) is 1. The molecular weight excluding hydrogens is 587 g/mol. The molecule has 0 bridgehead atoms. The predicted octanol–water partition coefficient (Wildman–Crippen LogP) is 4.14. The Kier molecular flexibility index (Phi) is 8.78. The van der Waals surface area contributed by atoms with Gasteiger partial charge in [-0.2, -0.15) is 0 Å². The summed E-state index contributed by atoms with van der Waals surface area (Å²) >= 11 is 2.77. The van der Waals surface area contributed by atoms with Gasteiger partial charge in [-0.15, -0.1) is 0 Å². The molecule has 1 heterocycles. The lowest BCUT2D eigenvalue weighted by Gasteiger charge is -2.14. The maximum Gasteiger partial charge on any atom is 0.343 e. The number of rotatable bonds is 8. The first-order chi connectivity index (χ1) is 16.6. The molecule has 1 fully saturated rings. The number of thioether (sulfide) groups is 1. The lowest BCUT2D eigenvalue weighted by molar-refractivity contribution is -0.143. The highest BCUT2D eigenvalue weighted by Crippen LogP contribution is 2.37. The first-order valence-electron chi connectivity index (χ1n) is 10.3. The highest BCUT2D eigenvalue weighted by Gasteiger charge is 2.36. The van der Waals surface area contributed by atoms with E-state index in [1.807, 2.05) is 48.6 Å². The van der Waals surface area contributed by atoms with Crippen LogP contribution in [-0.4, -0.2) is 55.3 Å². The molecule has 11 heteroatoms. The molecular formula is C24H23IN2O7S. The molecule has 1 aliphatic rings. The zero-order valence-electron chi connectivity index (χ0n) is 19.5. The van der Waals surface area contributed by atoms with Crippen LogP contribution < -0.4 is 14.8 Å². The molecule has 1 aliphatic heterocycles. The van der Waals surface area contributed by atoms with E-state index in [-0.39, 0.29) is 11.5 Å². The van der Waals surface area contributed by atoms with Crippen LogP contribution in [0, 0.1) is 17.4 Å². The average molecular weight is 610 g/mol. The fourth-order valence-electron chi connectivity index (χ4n) is 3.23. The highest BCUT2D eigenvalue weighted by molar-refractivity contribution is 14.1. The number of methoxy groups -OCH3 is 2. The summed E-state index contributed by atoms with van der Waals surface area (Å²) in [6.07, 6.45) is 1.54. The number of nitrogens with zero attached hydrogens (tertiary/aromatic N) is 1. The normalized spacial score (nSPS) is 14.3. The number of anilines is 1. The molecule has 3 amide bonds. The second-order valence-electron chi connectivity index (χ2n) is 7.53. The van der Waals surface area contributed by atoms with Crippen molar-refractivity contribution in [2.45, 2.75) is 13.8 Å². The molecule has 9 nitrogen and oxygen atoms in total. The van der Waals surface area contributed by atoms with Crippen LogP contribution in [0.15, 0.2) is 35.2 Å². The van der Waals surface area contributed by atoms with Crippen molar-refractivity contribution in [3.8, 4) is 11.5 Å². The number of amides is 3. The van der Waals surface area contributed by atoms with Gasteiger partial charge in [0.2, 0.25) is 5.91 Å². The lowest BCUT2D eigenvalue weighted by atomic mass is 10.1. The van der Waals surface area contributed by atoms with Crippen molar-refractivity contribution in [2.75, 3.05) is 32.7 Å². The molecule has 0 radical (unpaired) electrons. The summed E-state index contributed by atoms with van der Waals surface area (Å²) in [6.45, 7) is 3.14. The van der Waals surface area contributed by atoms with Gasteiger partial charge in [-0.1, -0.05) is 17.7 Å². The van der Waals surface area contributed by atoms with E-state index in [1.165, 1.54) is 14.2 Å². The van der Waals surface area contributed by atoms with Crippen LogP contribution in [-0.2, 0) is 19.1 Å². The molecule has 0 spiro atoms. The molecule has 2 aromatic rings. The van der Waals surface area contributed by atoms with Crippen molar-refractivity contribution in [2.24, 2.45) is 0 Å². The SMILES string of the molecule is COC(=O)COc1c(I)cc(/C=C2\SC(=O)N(CC(=O)Nc3ccc(C)cc3C)C2=O)cc1OC. The van der Waals surface area contributed by atoms with Crippen molar-refractivity contribution < 1.29 is 33.4 Å². The number of halogens is 1. The molecule has 0 aliphatic carbocycles. The van der Waals surface area contributed by atoms with E-state index in [0.29, 0.717) is 26.3 Å². The summed E-state index contributed by atoms with van der Waals surface area (Å²) in [5, 5.41) is 2.21. The van der Waals surface area contributed by atoms with Gasteiger partial charge in [0.15, 0.2) is 18.1 Å². The van der Waals surface area contributed by atoms with Crippen LogP contribution in [0.2, 0.25) is 0 Å². The van der Waals surface area contributed by atoms with Crippen LogP contribution >= 0.6 is 34.4 Å². The summed E-state index contributed by atoms with van der Waals surface area (Å²) < 4.78 is 16.1. The third kappa shape index (κ3) is 6.54. The molecule has 35 heavy (non-hydrogen) atoms. The van der Waals surface area contributed by atoms with Crippen molar-refractivity contribution >= 4 is 69.1 Å². The molecule has 1 saturated heterocycles. The van der Waals surface area contributed by atoms with Crippen LogP contribution in [0.5, 0.6) is 11.5 Å². The minimum Gasteiger partial charge on any atom is -0.493 e. The summed E-state index contributed by atoms with van der Waals surface area (Å²) in [5.74, 6) is -0.868. The van der Waals surface area contributed by atoms with Crippen LogP contribution in [0.25, 0.3) is 6.08 Å². The number of esters is 1. The van der Waals surface area contributed by atoms with E-state index in [4.69, 9.17) is 9.47 Å². The van der Waals surface area contributed by atoms with Crippen molar-refractivity contribution in [3.05, 3.63) is 55.5 Å². The number of hydrogen-bond acceptors (Lipinski definition) is 8. The fraction of sp³-hybridized carbons (Fsp3) is 0.250. The quantitative estimate of drug-likeness (QED) is 0.270. The van der Waals surface area contributed by atoms with Gasteiger partial charge in [-0.3, -0.25) is 19.3 Å². The summed E-state index contributed by atoms with van der Waals surface area (Å²) in [7, 11) is 2.71. The average Bonchev–Trinajstić information content (AvgIpc) is 3.06. The van der Waals surface area contributed by atoms with Crippen LogP contribution in [0.3, 0.4) is 0 Å². The molecule has 3 rings (SSSR count). The van der Waals surface area contributed by atoms with Gasteiger partial charge in [0.25, 0.3) is 11.1 Å². The minimum atomic E-state index is -0.559. The molecule has 184 valence electrons. The molecule has 0 atom stereocenters. The van der Waals surface area contributed by atoms with Crippen LogP contribution in [0.4, 0.5) is 10.5 Å². The third-order valence-corrected chi connectivity index (χ3v) is 6.65. The fourth-order valence-corrected chi connectivity index (χ4v) is 4.85. The largest absolute Gasteiger partial charge is 0.493 e. The Balaban J connectivity index is 1.74. The monoisotopic (exact) mass is 610 g/mol. The Labute approximate surface area is 220 Å². The topological polar surface area (TPSA) is 111 Å². The zero-order valence-corrected chi connectivity index (χ0v) is 22.4. The number of carbonyl (C=O) groups excluding carboxylic acids is 4. The van der Waals surface area contributed by atoms with E-state index in [2.05, 4.69) is 10.1 Å². The van der Waals surface area contributed by atoms with Gasteiger partial charge in [0, 0.05) is 5.69 Å². The molecule has 0 unspecified atom stereocenters. The zero-order chi connectivity index (χ0) is 25.7. The van der Waals surface area contributed by atoms with E-state index in [1.54, 1.807) is 24.3 Å². The Bertz CT molecular complexity index is 1230. The van der Waals surface area contributed by atoms with E-state index in [0.717, 1.165) is 27.8 Å². The number of benzene rings is 2. The van der Waals surface area contributed by atoms with Gasteiger partial charge in [0.05, 0.1) is 22.7 Å². The maximum absolute atomic E-state index is 12.9.